The number of ketones is 1. The van der Waals surface area contributed by atoms with E-state index >= 15 is 0 Å². The third-order valence-corrected chi connectivity index (χ3v) is 4.29. The molecule has 3 rings (SSSR count). The van der Waals surface area contributed by atoms with Crippen molar-refractivity contribution in [2.75, 3.05) is 19.7 Å². The fourth-order valence-corrected chi connectivity index (χ4v) is 3.06. The number of rotatable bonds is 3. The van der Waals surface area contributed by atoms with Crippen molar-refractivity contribution >= 4 is 29.0 Å². The molecular formula is C17H15Cl2NO2. The topological polar surface area (TPSA) is 38.3 Å². The maximum absolute atomic E-state index is 12.6. The van der Waals surface area contributed by atoms with Crippen LogP contribution in [0.2, 0.25) is 10.0 Å². The molecular weight excluding hydrogens is 321 g/mol. The van der Waals surface area contributed by atoms with Crippen LogP contribution in [0.5, 0.6) is 0 Å². The summed E-state index contributed by atoms with van der Waals surface area (Å²) in [6, 6.07) is 12.4. The molecule has 2 aromatic carbocycles. The average Bonchev–Trinajstić information content (AvgIpc) is 2.55. The minimum Gasteiger partial charge on any atom is -0.371 e. The van der Waals surface area contributed by atoms with Gasteiger partial charge in [-0.3, -0.25) is 4.79 Å². The highest BCUT2D eigenvalue weighted by atomic mass is 35.5. The van der Waals surface area contributed by atoms with Crippen LogP contribution in [0, 0.1) is 0 Å². The van der Waals surface area contributed by atoms with Gasteiger partial charge in [0.2, 0.25) is 0 Å². The first-order valence-corrected chi connectivity index (χ1v) is 7.83. The van der Waals surface area contributed by atoms with Crippen molar-refractivity contribution in [2.45, 2.75) is 6.10 Å². The van der Waals surface area contributed by atoms with E-state index in [0.29, 0.717) is 27.8 Å². The van der Waals surface area contributed by atoms with Gasteiger partial charge in [0.05, 0.1) is 28.3 Å². The summed E-state index contributed by atoms with van der Waals surface area (Å²) >= 11 is 12.2. The summed E-state index contributed by atoms with van der Waals surface area (Å²) in [5.41, 5.74) is 1.95. The zero-order valence-corrected chi connectivity index (χ0v) is 13.3. The van der Waals surface area contributed by atoms with Crippen LogP contribution >= 0.6 is 23.2 Å². The van der Waals surface area contributed by atoms with Crippen molar-refractivity contribution in [1.29, 1.82) is 0 Å². The summed E-state index contributed by atoms with van der Waals surface area (Å²) in [5, 5.41) is 4.01. The quantitative estimate of drug-likeness (QED) is 0.865. The van der Waals surface area contributed by atoms with Gasteiger partial charge >= 0.3 is 0 Å². The number of carbonyl (C=O) groups excluding carboxylic acids is 1. The van der Waals surface area contributed by atoms with Crippen molar-refractivity contribution in [3.8, 4) is 0 Å². The first-order chi connectivity index (χ1) is 10.7. The van der Waals surface area contributed by atoms with Gasteiger partial charge in [-0.15, -0.1) is 0 Å². The van der Waals surface area contributed by atoms with Gasteiger partial charge in [-0.1, -0.05) is 53.5 Å². The van der Waals surface area contributed by atoms with Gasteiger partial charge in [-0.25, -0.2) is 0 Å². The monoisotopic (exact) mass is 335 g/mol. The van der Waals surface area contributed by atoms with Gasteiger partial charge in [0.25, 0.3) is 0 Å². The maximum atomic E-state index is 12.6. The molecule has 2 aromatic rings. The van der Waals surface area contributed by atoms with Gasteiger partial charge in [-0.2, -0.15) is 0 Å². The largest absolute Gasteiger partial charge is 0.371 e. The van der Waals surface area contributed by atoms with E-state index in [0.717, 1.165) is 18.7 Å². The van der Waals surface area contributed by atoms with E-state index in [2.05, 4.69) is 5.32 Å². The molecule has 1 heterocycles. The van der Waals surface area contributed by atoms with Gasteiger partial charge in [-0.05, 0) is 17.7 Å². The molecule has 0 aliphatic carbocycles. The smallest absolute Gasteiger partial charge is 0.196 e. The molecule has 0 aromatic heterocycles. The molecule has 1 fully saturated rings. The van der Waals surface area contributed by atoms with E-state index in [1.807, 2.05) is 12.1 Å². The number of carbonyl (C=O) groups is 1. The Kier molecular flexibility index (Phi) is 4.79. The molecule has 114 valence electrons. The molecule has 3 nitrogen and oxygen atoms in total. The van der Waals surface area contributed by atoms with Crippen LogP contribution in [0.25, 0.3) is 0 Å². The van der Waals surface area contributed by atoms with E-state index in [9.17, 15) is 4.79 Å². The second-order valence-corrected chi connectivity index (χ2v) is 5.93. The van der Waals surface area contributed by atoms with Gasteiger partial charge in [0.1, 0.15) is 0 Å². The normalized spacial score (nSPS) is 18.2. The first kappa shape index (κ1) is 15.5. The van der Waals surface area contributed by atoms with Crippen LogP contribution in [0.4, 0.5) is 0 Å². The maximum Gasteiger partial charge on any atom is 0.196 e. The van der Waals surface area contributed by atoms with Crippen molar-refractivity contribution in [3.63, 3.8) is 0 Å². The molecule has 1 aliphatic heterocycles. The zero-order chi connectivity index (χ0) is 15.5. The molecule has 1 N–H and O–H groups in total. The number of nitrogens with one attached hydrogen (secondary N) is 1. The Bertz CT molecular complexity index is 659. The molecule has 0 amide bonds. The third-order valence-electron chi connectivity index (χ3n) is 3.66. The van der Waals surface area contributed by atoms with Crippen LogP contribution in [0.3, 0.4) is 0 Å². The highest BCUT2D eigenvalue weighted by Gasteiger charge is 2.19. The molecule has 0 spiro atoms. The van der Waals surface area contributed by atoms with Gasteiger partial charge in [0.15, 0.2) is 5.78 Å². The van der Waals surface area contributed by atoms with Crippen LogP contribution in [0.1, 0.15) is 27.6 Å². The van der Waals surface area contributed by atoms with Crippen molar-refractivity contribution in [2.24, 2.45) is 0 Å². The molecule has 5 heteroatoms. The summed E-state index contributed by atoms with van der Waals surface area (Å²) in [5.74, 6) is -0.176. The number of benzene rings is 2. The second-order valence-electron chi connectivity index (χ2n) is 5.11. The Balaban J connectivity index is 1.84. The number of morpholine rings is 1. The molecule has 0 radical (unpaired) electrons. The van der Waals surface area contributed by atoms with Crippen molar-refractivity contribution < 1.29 is 9.53 Å². The fraction of sp³-hybridized carbons (Fsp3) is 0.235. The SMILES string of the molecule is O=C(c1ccc(C2CNCCO2)cc1)c1c(Cl)cccc1Cl. The molecule has 22 heavy (non-hydrogen) atoms. The molecule has 1 unspecified atom stereocenters. The summed E-state index contributed by atoms with van der Waals surface area (Å²) in [4.78, 5) is 12.6. The third kappa shape index (κ3) is 3.18. The van der Waals surface area contributed by atoms with Crippen LogP contribution < -0.4 is 5.32 Å². The lowest BCUT2D eigenvalue weighted by Gasteiger charge is -2.24. The number of hydrogen-bond donors (Lipinski definition) is 1. The lowest BCUT2D eigenvalue weighted by atomic mass is 10.00. The predicted molar refractivity (Wildman–Crippen MR) is 87.9 cm³/mol. The minimum atomic E-state index is -0.176. The van der Waals surface area contributed by atoms with E-state index < -0.39 is 0 Å². The molecule has 0 bridgehead atoms. The Labute approximate surface area is 139 Å². The lowest BCUT2D eigenvalue weighted by Crippen LogP contribution is -2.33. The average molecular weight is 336 g/mol. The van der Waals surface area contributed by atoms with E-state index in [1.165, 1.54) is 0 Å². The fourth-order valence-electron chi connectivity index (χ4n) is 2.49. The minimum absolute atomic E-state index is 0.0294. The van der Waals surface area contributed by atoms with Gasteiger partial charge in [0, 0.05) is 18.7 Å². The summed E-state index contributed by atoms with van der Waals surface area (Å²) in [6.07, 6.45) is 0.0294. The van der Waals surface area contributed by atoms with Gasteiger partial charge < -0.3 is 10.1 Å². The summed E-state index contributed by atoms with van der Waals surface area (Å²) in [6.45, 7) is 2.35. The Hall–Kier alpha value is -1.39. The van der Waals surface area contributed by atoms with Crippen molar-refractivity contribution in [1.82, 2.24) is 5.32 Å². The van der Waals surface area contributed by atoms with E-state index in [-0.39, 0.29) is 11.9 Å². The number of ether oxygens (including phenoxy) is 1. The Morgan fingerprint density at radius 1 is 1.09 bits per heavy atom. The number of hydrogen-bond acceptors (Lipinski definition) is 3. The summed E-state index contributed by atoms with van der Waals surface area (Å²) in [7, 11) is 0. The summed E-state index contributed by atoms with van der Waals surface area (Å²) < 4.78 is 5.70. The van der Waals surface area contributed by atoms with Crippen LogP contribution in [-0.2, 0) is 4.74 Å². The number of halogens is 2. The molecule has 1 atom stereocenters. The highest BCUT2D eigenvalue weighted by molar-refractivity contribution is 6.41. The Morgan fingerprint density at radius 2 is 1.77 bits per heavy atom. The second kappa shape index (κ2) is 6.80. The standard InChI is InChI=1S/C17H15Cl2NO2/c18-13-2-1-3-14(19)16(13)17(21)12-6-4-11(5-7-12)15-10-20-8-9-22-15/h1-7,15,20H,8-10H2. The van der Waals surface area contributed by atoms with Crippen LogP contribution in [0.15, 0.2) is 42.5 Å². The highest BCUT2D eigenvalue weighted by Crippen LogP contribution is 2.27. The molecule has 1 aliphatic rings. The van der Waals surface area contributed by atoms with E-state index in [1.54, 1.807) is 30.3 Å². The predicted octanol–water partition coefficient (Wildman–Crippen LogP) is 3.89. The van der Waals surface area contributed by atoms with E-state index in [4.69, 9.17) is 27.9 Å². The zero-order valence-electron chi connectivity index (χ0n) is 11.8. The first-order valence-electron chi connectivity index (χ1n) is 7.08. The molecule has 0 saturated carbocycles. The van der Waals surface area contributed by atoms with Crippen LogP contribution in [-0.4, -0.2) is 25.5 Å². The van der Waals surface area contributed by atoms with Crippen molar-refractivity contribution in [3.05, 3.63) is 69.2 Å². The lowest BCUT2D eigenvalue weighted by molar-refractivity contribution is 0.0277. The molecule has 1 saturated heterocycles. The Morgan fingerprint density at radius 3 is 2.36 bits per heavy atom.